The van der Waals surface area contributed by atoms with Crippen LogP contribution >= 0.6 is 0 Å². The van der Waals surface area contributed by atoms with Gasteiger partial charge in [-0.25, -0.2) is 8.37 Å². The van der Waals surface area contributed by atoms with Crippen molar-refractivity contribution < 1.29 is 21.5 Å². The summed E-state index contributed by atoms with van der Waals surface area (Å²) in [6, 6.07) is 9.77. The Morgan fingerprint density at radius 3 is 2.71 bits per heavy atom. The lowest BCUT2D eigenvalue weighted by atomic mass is 10.2. The summed E-state index contributed by atoms with van der Waals surface area (Å²) in [6.45, 7) is 1.04. The first kappa shape index (κ1) is 12.5. The van der Waals surface area contributed by atoms with Gasteiger partial charge in [-0.1, -0.05) is 30.3 Å². The molecule has 1 aliphatic heterocycles. The lowest BCUT2D eigenvalue weighted by Gasteiger charge is -2.06. The highest BCUT2D eigenvalue weighted by Crippen LogP contribution is 2.15. The largest absolute Gasteiger partial charge is 0.400 e. The van der Waals surface area contributed by atoms with Gasteiger partial charge in [0.15, 0.2) is 0 Å². The Morgan fingerprint density at radius 2 is 2.06 bits per heavy atom. The predicted octanol–water partition coefficient (Wildman–Crippen LogP) is 1.25. The number of benzene rings is 1. The Morgan fingerprint density at radius 1 is 1.29 bits per heavy atom. The molecule has 94 valence electrons. The quantitative estimate of drug-likeness (QED) is 0.744. The molecule has 0 bridgehead atoms. The Balaban J connectivity index is 1.64. The van der Waals surface area contributed by atoms with Crippen LogP contribution in [-0.4, -0.2) is 27.7 Å². The summed E-state index contributed by atoms with van der Waals surface area (Å²) in [5.74, 6) is 0. The van der Waals surface area contributed by atoms with Gasteiger partial charge in [-0.2, -0.15) is 8.42 Å². The van der Waals surface area contributed by atoms with E-state index in [1.54, 1.807) is 0 Å². The Kier molecular flexibility index (Phi) is 4.11. The Bertz CT molecular complexity index is 442. The van der Waals surface area contributed by atoms with Crippen LogP contribution in [0.15, 0.2) is 30.3 Å². The maximum Gasteiger partial charge on any atom is 0.400 e. The molecule has 1 atom stereocenters. The van der Waals surface area contributed by atoms with Crippen molar-refractivity contribution >= 4 is 10.4 Å². The first-order chi connectivity index (χ1) is 8.16. The molecule has 1 aromatic carbocycles. The first-order valence-corrected chi connectivity index (χ1v) is 6.68. The third-order valence-electron chi connectivity index (χ3n) is 2.35. The van der Waals surface area contributed by atoms with Crippen LogP contribution in [0.1, 0.15) is 12.0 Å². The van der Waals surface area contributed by atoms with Gasteiger partial charge < -0.3 is 4.74 Å². The average molecular weight is 258 g/mol. The zero-order chi connectivity index (χ0) is 12.1. The zero-order valence-electron chi connectivity index (χ0n) is 9.24. The molecule has 0 unspecified atom stereocenters. The molecule has 0 N–H and O–H groups in total. The van der Waals surface area contributed by atoms with Crippen molar-refractivity contribution in [1.82, 2.24) is 0 Å². The molecule has 1 saturated heterocycles. The van der Waals surface area contributed by atoms with Gasteiger partial charge in [0.1, 0.15) is 6.10 Å². The number of hydrogen-bond acceptors (Lipinski definition) is 5. The van der Waals surface area contributed by atoms with E-state index in [4.69, 9.17) is 4.74 Å². The van der Waals surface area contributed by atoms with Crippen LogP contribution in [0.3, 0.4) is 0 Å². The molecule has 0 saturated carbocycles. The standard InChI is InChI=1S/C11H14O5S/c12-17(13)15-9-11(16-17)6-7-14-8-10-4-2-1-3-5-10/h1-5,11H,6-9H2/t11-/m0/s1. The minimum atomic E-state index is -3.74. The maximum atomic E-state index is 10.8. The summed E-state index contributed by atoms with van der Waals surface area (Å²) in [5, 5.41) is 0. The fourth-order valence-electron chi connectivity index (χ4n) is 1.49. The monoisotopic (exact) mass is 258 g/mol. The molecule has 0 amide bonds. The van der Waals surface area contributed by atoms with Crippen LogP contribution in [0.2, 0.25) is 0 Å². The van der Waals surface area contributed by atoms with Crippen LogP contribution in [0, 0.1) is 0 Å². The molecule has 1 fully saturated rings. The molecular formula is C11H14O5S. The molecule has 0 aliphatic carbocycles. The van der Waals surface area contributed by atoms with Crippen LogP contribution in [0.5, 0.6) is 0 Å². The molecule has 2 rings (SSSR count). The second kappa shape index (κ2) is 5.59. The van der Waals surface area contributed by atoms with E-state index < -0.39 is 16.5 Å². The van der Waals surface area contributed by atoms with Gasteiger partial charge in [-0.15, -0.1) is 0 Å². The average Bonchev–Trinajstić information content (AvgIpc) is 2.66. The summed E-state index contributed by atoms with van der Waals surface area (Å²) in [7, 11) is -3.74. The predicted molar refractivity (Wildman–Crippen MR) is 60.5 cm³/mol. The Labute approximate surface area is 101 Å². The normalized spacial score (nSPS) is 22.7. The first-order valence-electron chi connectivity index (χ1n) is 5.35. The fraction of sp³-hybridized carbons (Fsp3) is 0.455. The van der Waals surface area contributed by atoms with E-state index in [0.29, 0.717) is 19.6 Å². The molecule has 0 spiro atoms. The van der Waals surface area contributed by atoms with Crippen molar-refractivity contribution in [2.75, 3.05) is 13.2 Å². The van der Waals surface area contributed by atoms with Crippen molar-refractivity contribution in [2.24, 2.45) is 0 Å². The van der Waals surface area contributed by atoms with Crippen LogP contribution in [-0.2, 0) is 30.1 Å². The minimum absolute atomic E-state index is 0.0804. The van der Waals surface area contributed by atoms with Crippen LogP contribution < -0.4 is 0 Å². The fourth-order valence-corrected chi connectivity index (χ4v) is 2.35. The number of ether oxygens (including phenoxy) is 1. The molecule has 5 nitrogen and oxygen atoms in total. The maximum absolute atomic E-state index is 10.8. The van der Waals surface area contributed by atoms with E-state index in [2.05, 4.69) is 8.37 Å². The molecule has 1 heterocycles. The van der Waals surface area contributed by atoms with E-state index >= 15 is 0 Å². The molecule has 0 radical (unpaired) electrons. The highest BCUT2D eigenvalue weighted by molar-refractivity contribution is 7.82. The second-order valence-electron chi connectivity index (χ2n) is 3.74. The van der Waals surface area contributed by atoms with E-state index in [9.17, 15) is 8.42 Å². The van der Waals surface area contributed by atoms with Crippen molar-refractivity contribution in [3.63, 3.8) is 0 Å². The van der Waals surface area contributed by atoms with Gasteiger partial charge in [-0.05, 0) is 5.56 Å². The van der Waals surface area contributed by atoms with Gasteiger partial charge in [0.25, 0.3) is 0 Å². The van der Waals surface area contributed by atoms with Crippen molar-refractivity contribution in [3.8, 4) is 0 Å². The van der Waals surface area contributed by atoms with E-state index in [1.807, 2.05) is 30.3 Å². The summed E-state index contributed by atoms with van der Waals surface area (Å²) in [4.78, 5) is 0. The second-order valence-corrected chi connectivity index (χ2v) is 4.98. The third kappa shape index (κ3) is 4.08. The third-order valence-corrected chi connectivity index (χ3v) is 3.28. The van der Waals surface area contributed by atoms with Gasteiger partial charge >= 0.3 is 10.4 Å². The van der Waals surface area contributed by atoms with Gasteiger partial charge in [0, 0.05) is 13.0 Å². The lowest BCUT2D eigenvalue weighted by Crippen LogP contribution is -2.13. The van der Waals surface area contributed by atoms with E-state index in [0.717, 1.165) is 5.56 Å². The summed E-state index contributed by atoms with van der Waals surface area (Å²) >= 11 is 0. The van der Waals surface area contributed by atoms with Gasteiger partial charge in [0.05, 0.1) is 13.2 Å². The molecule has 1 aliphatic rings. The van der Waals surface area contributed by atoms with E-state index in [-0.39, 0.29) is 6.61 Å². The summed E-state index contributed by atoms with van der Waals surface area (Å²) in [6.07, 6.45) is 0.0854. The zero-order valence-corrected chi connectivity index (χ0v) is 10.1. The smallest absolute Gasteiger partial charge is 0.377 e. The van der Waals surface area contributed by atoms with Gasteiger partial charge in [0.2, 0.25) is 0 Å². The Hall–Kier alpha value is -0.950. The molecule has 1 aromatic rings. The number of hydrogen-bond donors (Lipinski definition) is 0. The molecule has 0 aromatic heterocycles. The lowest BCUT2D eigenvalue weighted by molar-refractivity contribution is 0.0891. The summed E-state index contributed by atoms with van der Waals surface area (Å²) in [5.41, 5.74) is 1.09. The van der Waals surface area contributed by atoms with Gasteiger partial charge in [-0.3, -0.25) is 0 Å². The minimum Gasteiger partial charge on any atom is -0.377 e. The SMILES string of the molecule is O=S1(=O)OC[C@H](CCOCc2ccccc2)O1. The molecular weight excluding hydrogens is 244 g/mol. The van der Waals surface area contributed by atoms with E-state index in [1.165, 1.54) is 0 Å². The van der Waals surface area contributed by atoms with Crippen molar-refractivity contribution in [2.45, 2.75) is 19.1 Å². The van der Waals surface area contributed by atoms with Crippen LogP contribution in [0.4, 0.5) is 0 Å². The highest BCUT2D eigenvalue weighted by Gasteiger charge is 2.29. The van der Waals surface area contributed by atoms with Crippen molar-refractivity contribution in [1.29, 1.82) is 0 Å². The summed E-state index contributed by atoms with van der Waals surface area (Å²) < 4.78 is 36.2. The topological polar surface area (TPSA) is 61.8 Å². The molecule has 6 heteroatoms. The molecule has 17 heavy (non-hydrogen) atoms. The number of rotatable bonds is 5. The van der Waals surface area contributed by atoms with Crippen molar-refractivity contribution in [3.05, 3.63) is 35.9 Å². The van der Waals surface area contributed by atoms with Crippen LogP contribution in [0.25, 0.3) is 0 Å². The highest BCUT2D eigenvalue weighted by atomic mass is 32.3.